The summed E-state index contributed by atoms with van der Waals surface area (Å²) < 4.78 is 15.9. The number of nitrogens with zero attached hydrogens (tertiary/aromatic N) is 1. The van der Waals surface area contributed by atoms with E-state index in [1.807, 2.05) is 24.3 Å². The number of ether oxygens (including phenoxy) is 3. The van der Waals surface area contributed by atoms with Crippen molar-refractivity contribution in [3.8, 4) is 17.2 Å². The molecule has 156 valence electrons. The largest absolute Gasteiger partial charge is 0.493 e. The van der Waals surface area contributed by atoms with Crippen molar-refractivity contribution < 1.29 is 19.0 Å². The average Bonchev–Trinajstić information content (AvgIpc) is 2.74. The molecule has 0 bridgehead atoms. The standard InChI is InChI=1S/C22H29N3O4/c1-15-9-11-25(12-10-15)18-7-5-16(6-8-18)23-22(26)24-17-13-19(27-2)21(29-4)20(14-17)28-3/h5-8,13-15H,9-12H2,1-4H3,(H2,23,24,26). The van der Waals surface area contributed by atoms with Gasteiger partial charge in [0.15, 0.2) is 11.5 Å². The Balaban J connectivity index is 1.63. The zero-order valence-corrected chi connectivity index (χ0v) is 17.5. The first-order valence-corrected chi connectivity index (χ1v) is 9.77. The minimum atomic E-state index is -0.348. The Labute approximate surface area is 171 Å². The molecule has 1 saturated heterocycles. The number of anilines is 3. The molecule has 1 fully saturated rings. The molecule has 2 aromatic rings. The van der Waals surface area contributed by atoms with Crippen molar-refractivity contribution in [2.75, 3.05) is 50.0 Å². The lowest BCUT2D eigenvalue weighted by atomic mass is 9.99. The second-order valence-corrected chi connectivity index (χ2v) is 7.21. The highest BCUT2D eigenvalue weighted by atomic mass is 16.5. The summed E-state index contributed by atoms with van der Waals surface area (Å²) in [4.78, 5) is 14.8. The number of piperidine rings is 1. The summed E-state index contributed by atoms with van der Waals surface area (Å²) in [6.07, 6.45) is 2.44. The van der Waals surface area contributed by atoms with Crippen molar-refractivity contribution in [2.24, 2.45) is 5.92 Å². The molecule has 0 aromatic heterocycles. The smallest absolute Gasteiger partial charge is 0.323 e. The van der Waals surface area contributed by atoms with E-state index in [-0.39, 0.29) is 6.03 Å². The maximum Gasteiger partial charge on any atom is 0.323 e. The van der Waals surface area contributed by atoms with Gasteiger partial charge in [-0.2, -0.15) is 0 Å². The van der Waals surface area contributed by atoms with E-state index < -0.39 is 0 Å². The van der Waals surface area contributed by atoms with Gasteiger partial charge in [0.25, 0.3) is 0 Å². The highest BCUT2D eigenvalue weighted by Crippen LogP contribution is 2.40. The van der Waals surface area contributed by atoms with Gasteiger partial charge in [-0.15, -0.1) is 0 Å². The number of nitrogens with one attached hydrogen (secondary N) is 2. The summed E-state index contributed by atoms with van der Waals surface area (Å²) in [7, 11) is 4.60. The van der Waals surface area contributed by atoms with Crippen molar-refractivity contribution in [3.05, 3.63) is 36.4 Å². The summed E-state index contributed by atoms with van der Waals surface area (Å²) >= 11 is 0. The Hall–Kier alpha value is -3.09. The first kappa shape index (κ1) is 20.6. The number of benzene rings is 2. The third kappa shape index (κ3) is 5.04. The summed E-state index contributed by atoms with van der Waals surface area (Å²) in [6.45, 7) is 4.46. The van der Waals surface area contributed by atoms with Crippen molar-refractivity contribution >= 4 is 23.1 Å². The van der Waals surface area contributed by atoms with Gasteiger partial charge in [0.1, 0.15) is 0 Å². The molecule has 0 saturated carbocycles. The van der Waals surface area contributed by atoms with Gasteiger partial charge in [-0.1, -0.05) is 6.92 Å². The van der Waals surface area contributed by atoms with Gasteiger partial charge in [0.2, 0.25) is 5.75 Å². The Morgan fingerprint density at radius 3 is 1.97 bits per heavy atom. The zero-order valence-electron chi connectivity index (χ0n) is 17.5. The fourth-order valence-electron chi connectivity index (χ4n) is 3.47. The van der Waals surface area contributed by atoms with Crippen LogP contribution < -0.4 is 29.7 Å². The van der Waals surface area contributed by atoms with Gasteiger partial charge in [0.05, 0.1) is 27.0 Å². The Bertz CT molecular complexity index is 805. The van der Waals surface area contributed by atoms with E-state index in [0.29, 0.717) is 22.9 Å². The molecule has 2 N–H and O–H groups in total. The molecule has 7 nitrogen and oxygen atoms in total. The molecule has 1 aliphatic heterocycles. The second kappa shape index (κ2) is 9.41. The van der Waals surface area contributed by atoms with E-state index in [0.717, 1.165) is 24.7 Å². The molecule has 3 rings (SSSR count). The number of urea groups is 1. The van der Waals surface area contributed by atoms with Crippen LogP contribution >= 0.6 is 0 Å². The van der Waals surface area contributed by atoms with E-state index in [9.17, 15) is 4.79 Å². The van der Waals surface area contributed by atoms with Crippen LogP contribution in [-0.4, -0.2) is 40.5 Å². The van der Waals surface area contributed by atoms with Crippen LogP contribution in [0.3, 0.4) is 0 Å². The Kier molecular flexibility index (Phi) is 6.69. The maximum absolute atomic E-state index is 12.4. The maximum atomic E-state index is 12.4. The lowest BCUT2D eigenvalue weighted by Gasteiger charge is -2.32. The molecule has 2 amide bonds. The molecule has 0 atom stereocenters. The van der Waals surface area contributed by atoms with Gasteiger partial charge in [-0.3, -0.25) is 0 Å². The minimum Gasteiger partial charge on any atom is -0.493 e. The molecule has 1 aliphatic rings. The molecule has 0 spiro atoms. The van der Waals surface area contributed by atoms with E-state index in [4.69, 9.17) is 14.2 Å². The van der Waals surface area contributed by atoms with Crippen molar-refractivity contribution in [3.63, 3.8) is 0 Å². The molecule has 7 heteroatoms. The zero-order chi connectivity index (χ0) is 20.8. The Morgan fingerprint density at radius 1 is 0.897 bits per heavy atom. The van der Waals surface area contributed by atoms with Gasteiger partial charge >= 0.3 is 6.03 Å². The van der Waals surface area contributed by atoms with Crippen molar-refractivity contribution in [1.82, 2.24) is 0 Å². The highest BCUT2D eigenvalue weighted by Gasteiger charge is 2.17. The van der Waals surface area contributed by atoms with Crippen LogP contribution in [0.15, 0.2) is 36.4 Å². The molecule has 0 aliphatic carbocycles. The van der Waals surface area contributed by atoms with Crippen LogP contribution in [0.25, 0.3) is 0 Å². The number of hydrogen-bond donors (Lipinski definition) is 2. The third-order valence-corrected chi connectivity index (χ3v) is 5.20. The van der Waals surface area contributed by atoms with Crippen LogP contribution in [0.1, 0.15) is 19.8 Å². The predicted molar refractivity (Wildman–Crippen MR) is 116 cm³/mol. The molecule has 0 unspecified atom stereocenters. The first-order chi connectivity index (χ1) is 14.0. The second-order valence-electron chi connectivity index (χ2n) is 7.21. The number of carbonyl (C=O) groups is 1. The summed E-state index contributed by atoms with van der Waals surface area (Å²) in [6, 6.07) is 10.9. The van der Waals surface area contributed by atoms with Gasteiger partial charge in [-0.25, -0.2) is 4.79 Å². The molecule has 1 heterocycles. The van der Waals surface area contributed by atoms with Crippen LogP contribution in [0.4, 0.5) is 21.9 Å². The normalized spacial score (nSPS) is 14.3. The molecule has 2 aromatic carbocycles. The average molecular weight is 399 g/mol. The van der Waals surface area contributed by atoms with Gasteiger partial charge in [0, 0.05) is 36.6 Å². The molecule has 0 radical (unpaired) electrons. The summed E-state index contributed by atoms with van der Waals surface area (Å²) in [5, 5.41) is 5.65. The van der Waals surface area contributed by atoms with Crippen LogP contribution in [0, 0.1) is 5.92 Å². The van der Waals surface area contributed by atoms with Crippen molar-refractivity contribution in [2.45, 2.75) is 19.8 Å². The predicted octanol–water partition coefficient (Wildman–Crippen LogP) is 4.59. The van der Waals surface area contributed by atoms with Crippen LogP contribution in [-0.2, 0) is 0 Å². The lowest BCUT2D eigenvalue weighted by molar-refractivity contribution is 0.262. The van der Waals surface area contributed by atoms with E-state index in [1.165, 1.54) is 39.9 Å². The number of rotatable bonds is 6. The monoisotopic (exact) mass is 399 g/mol. The lowest BCUT2D eigenvalue weighted by Crippen LogP contribution is -2.32. The van der Waals surface area contributed by atoms with Gasteiger partial charge < -0.3 is 29.7 Å². The van der Waals surface area contributed by atoms with Crippen LogP contribution in [0.5, 0.6) is 17.2 Å². The third-order valence-electron chi connectivity index (χ3n) is 5.20. The van der Waals surface area contributed by atoms with Gasteiger partial charge in [-0.05, 0) is 43.0 Å². The highest BCUT2D eigenvalue weighted by molar-refractivity contribution is 6.00. The number of methoxy groups -OCH3 is 3. The van der Waals surface area contributed by atoms with Crippen LogP contribution in [0.2, 0.25) is 0 Å². The molecular weight excluding hydrogens is 370 g/mol. The number of amides is 2. The topological polar surface area (TPSA) is 72.1 Å². The van der Waals surface area contributed by atoms with E-state index in [2.05, 4.69) is 22.5 Å². The number of hydrogen-bond acceptors (Lipinski definition) is 5. The first-order valence-electron chi connectivity index (χ1n) is 9.77. The number of carbonyl (C=O) groups excluding carboxylic acids is 1. The minimum absolute atomic E-state index is 0.348. The summed E-state index contributed by atoms with van der Waals surface area (Å²) in [5.74, 6) is 2.22. The fourth-order valence-corrected chi connectivity index (χ4v) is 3.47. The molecular formula is C22H29N3O4. The molecule has 29 heavy (non-hydrogen) atoms. The SMILES string of the molecule is COc1cc(NC(=O)Nc2ccc(N3CCC(C)CC3)cc2)cc(OC)c1OC. The summed E-state index contributed by atoms with van der Waals surface area (Å²) in [5.41, 5.74) is 2.45. The Morgan fingerprint density at radius 2 is 1.45 bits per heavy atom. The van der Waals surface area contributed by atoms with Crippen molar-refractivity contribution in [1.29, 1.82) is 0 Å². The fraction of sp³-hybridized carbons (Fsp3) is 0.409. The quantitative estimate of drug-likeness (QED) is 0.743. The van der Waals surface area contributed by atoms with E-state index >= 15 is 0 Å². The van der Waals surface area contributed by atoms with E-state index in [1.54, 1.807) is 12.1 Å².